The van der Waals surface area contributed by atoms with Gasteiger partial charge >= 0.3 is 6.03 Å². The lowest BCUT2D eigenvalue weighted by atomic mass is 10.1. The molecule has 0 radical (unpaired) electrons. The van der Waals surface area contributed by atoms with Crippen molar-refractivity contribution < 1.29 is 9.53 Å². The number of pyridine rings is 1. The van der Waals surface area contributed by atoms with Crippen LogP contribution in [0.25, 0.3) is 0 Å². The van der Waals surface area contributed by atoms with E-state index in [9.17, 15) is 4.79 Å². The Kier molecular flexibility index (Phi) is 4.10. The van der Waals surface area contributed by atoms with Gasteiger partial charge in [-0.3, -0.25) is 4.98 Å². The fourth-order valence-corrected chi connectivity index (χ4v) is 2.66. The molecule has 1 N–H and O–H groups in total. The summed E-state index contributed by atoms with van der Waals surface area (Å²) in [6.45, 7) is 7.12. The van der Waals surface area contributed by atoms with Crippen LogP contribution in [0.2, 0.25) is 0 Å². The number of halogens is 1. The number of hydrogen-bond acceptors (Lipinski definition) is 3. The maximum absolute atomic E-state index is 12.2. The summed E-state index contributed by atoms with van der Waals surface area (Å²) in [5.41, 5.74) is 0.362. The second kappa shape index (κ2) is 5.46. The van der Waals surface area contributed by atoms with Crippen LogP contribution in [-0.4, -0.2) is 40.7 Å². The van der Waals surface area contributed by atoms with Crippen molar-refractivity contribution in [1.82, 2.24) is 9.88 Å². The first-order valence-electron chi connectivity index (χ1n) is 6.20. The standard InChI is InChI=1S/C13H18BrN3O2/c1-9-7-17(8-13(2,3)19-9)12(18)16-11-4-10(14)5-15-6-11/h4-6,9H,7-8H2,1-3H3,(H,16,18). The molecule has 2 amide bonds. The Labute approximate surface area is 121 Å². The predicted molar refractivity (Wildman–Crippen MR) is 77.2 cm³/mol. The van der Waals surface area contributed by atoms with Crippen LogP contribution in [0.15, 0.2) is 22.9 Å². The number of rotatable bonds is 1. The number of carbonyl (C=O) groups excluding carboxylic acids is 1. The van der Waals surface area contributed by atoms with E-state index < -0.39 is 0 Å². The normalized spacial score (nSPS) is 22.1. The summed E-state index contributed by atoms with van der Waals surface area (Å²) >= 11 is 3.33. The maximum Gasteiger partial charge on any atom is 0.322 e. The molecule has 1 fully saturated rings. The Balaban J connectivity index is 2.03. The molecule has 5 nitrogen and oxygen atoms in total. The fraction of sp³-hybridized carbons (Fsp3) is 0.538. The van der Waals surface area contributed by atoms with Crippen molar-refractivity contribution in [3.63, 3.8) is 0 Å². The second-order valence-corrected chi connectivity index (χ2v) is 6.31. The Bertz CT molecular complexity index is 479. The molecule has 2 heterocycles. The van der Waals surface area contributed by atoms with Gasteiger partial charge in [-0.1, -0.05) is 0 Å². The maximum atomic E-state index is 12.2. The summed E-state index contributed by atoms with van der Waals surface area (Å²) in [4.78, 5) is 18.0. The van der Waals surface area contributed by atoms with Crippen LogP contribution in [0.3, 0.4) is 0 Å². The fourth-order valence-electron chi connectivity index (χ4n) is 2.29. The minimum atomic E-state index is -0.315. The smallest absolute Gasteiger partial charge is 0.322 e. The molecule has 0 saturated carbocycles. The van der Waals surface area contributed by atoms with Crippen LogP contribution in [-0.2, 0) is 4.74 Å². The highest BCUT2D eigenvalue weighted by Gasteiger charge is 2.33. The molecule has 1 aliphatic heterocycles. The first-order chi connectivity index (χ1) is 8.85. The van der Waals surface area contributed by atoms with Crippen LogP contribution in [0.4, 0.5) is 10.5 Å². The Morgan fingerprint density at radius 2 is 2.32 bits per heavy atom. The molecule has 104 valence electrons. The van der Waals surface area contributed by atoms with E-state index in [1.807, 2.05) is 26.8 Å². The highest BCUT2D eigenvalue weighted by Crippen LogP contribution is 2.22. The van der Waals surface area contributed by atoms with Gasteiger partial charge in [-0.2, -0.15) is 0 Å². The quantitative estimate of drug-likeness (QED) is 0.862. The van der Waals surface area contributed by atoms with Crippen molar-refractivity contribution in [1.29, 1.82) is 0 Å². The molecule has 2 rings (SSSR count). The van der Waals surface area contributed by atoms with E-state index in [0.29, 0.717) is 18.8 Å². The summed E-state index contributed by atoms with van der Waals surface area (Å²) in [7, 11) is 0. The topological polar surface area (TPSA) is 54.5 Å². The van der Waals surface area contributed by atoms with Gasteiger partial charge in [0.2, 0.25) is 0 Å². The van der Waals surface area contributed by atoms with Gasteiger partial charge in [0.25, 0.3) is 0 Å². The molecular weight excluding hydrogens is 310 g/mol. The average molecular weight is 328 g/mol. The van der Waals surface area contributed by atoms with Crippen molar-refractivity contribution in [3.05, 3.63) is 22.9 Å². The highest BCUT2D eigenvalue weighted by atomic mass is 79.9. The molecule has 0 aliphatic carbocycles. The number of carbonyl (C=O) groups is 1. The monoisotopic (exact) mass is 327 g/mol. The van der Waals surface area contributed by atoms with Crippen molar-refractivity contribution in [3.8, 4) is 0 Å². The van der Waals surface area contributed by atoms with E-state index in [-0.39, 0.29) is 17.7 Å². The summed E-state index contributed by atoms with van der Waals surface area (Å²) < 4.78 is 6.62. The molecule has 1 aliphatic rings. The van der Waals surface area contributed by atoms with Gasteiger partial charge in [-0.15, -0.1) is 0 Å². The Morgan fingerprint density at radius 1 is 1.58 bits per heavy atom. The number of anilines is 1. The zero-order valence-corrected chi connectivity index (χ0v) is 12.9. The second-order valence-electron chi connectivity index (χ2n) is 5.39. The van der Waals surface area contributed by atoms with Gasteiger partial charge < -0.3 is 15.0 Å². The number of morpholine rings is 1. The molecule has 1 unspecified atom stereocenters. The van der Waals surface area contributed by atoms with E-state index in [1.165, 1.54) is 0 Å². The lowest BCUT2D eigenvalue weighted by molar-refractivity contribution is -0.116. The largest absolute Gasteiger partial charge is 0.369 e. The van der Waals surface area contributed by atoms with Crippen molar-refractivity contribution in [2.75, 3.05) is 18.4 Å². The molecule has 0 bridgehead atoms. The van der Waals surface area contributed by atoms with Crippen molar-refractivity contribution in [2.24, 2.45) is 0 Å². The van der Waals surface area contributed by atoms with Crippen LogP contribution in [0, 0.1) is 0 Å². The number of nitrogens with zero attached hydrogens (tertiary/aromatic N) is 2. The number of hydrogen-bond donors (Lipinski definition) is 1. The first kappa shape index (κ1) is 14.3. The van der Waals surface area contributed by atoms with Gasteiger partial charge in [-0.05, 0) is 42.8 Å². The molecule has 0 spiro atoms. The highest BCUT2D eigenvalue weighted by molar-refractivity contribution is 9.10. The molecule has 1 aromatic rings. The molecule has 0 aromatic carbocycles. The number of amides is 2. The van der Waals surface area contributed by atoms with Gasteiger partial charge in [0.1, 0.15) is 0 Å². The van der Waals surface area contributed by atoms with E-state index in [1.54, 1.807) is 17.3 Å². The number of aromatic nitrogens is 1. The zero-order valence-electron chi connectivity index (χ0n) is 11.3. The van der Waals surface area contributed by atoms with Crippen molar-refractivity contribution in [2.45, 2.75) is 32.5 Å². The Morgan fingerprint density at radius 3 is 2.95 bits per heavy atom. The number of ether oxygens (including phenoxy) is 1. The molecule has 19 heavy (non-hydrogen) atoms. The number of nitrogens with one attached hydrogen (secondary N) is 1. The summed E-state index contributed by atoms with van der Waals surface area (Å²) in [5.74, 6) is 0. The lowest BCUT2D eigenvalue weighted by Gasteiger charge is -2.41. The first-order valence-corrected chi connectivity index (χ1v) is 6.99. The van der Waals surface area contributed by atoms with Gasteiger partial charge in [0.15, 0.2) is 0 Å². The van der Waals surface area contributed by atoms with Crippen LogP contribution >= 0.6 is 15.9 Å². The SMILES string of the molecule is CC1CN(C(=O)Nc2cncc(Br)c2)CC(C)(C)O1. The summed E-state index contributed by atoms with van der Waals surface area (Å²) in [6, 6.07) is 1.70. The summed E-state index contributed by atoms with van der Waals surface area (Å²) in [6.07, 6.45) is 3.34. The zero-order chi connectivity index (χ0) is 14.0. The van der Waals surface area contributed by atoms with Gasteiger partial charge in [0, 0.05) is 17.2 Å². The number of urea groups is 1. The van der Waals surface area contributed by atoms with Crippen molar-refractivity contribution >= 4 is 27.6 Å². The predicted octanol–water partition coefficient (Wildman–Crippen LogP) is 2.88. The van der Waals surface area contributed by atoms with E-state index in [2.05, 4.69) is 26.2 Å². The van der Waals surface area contributed by atoms with Gasteiger partial charge in [0.05, 0.1) is 30.1 Å². The molecule has 1 aromatic heterocycles. The minimum absolute atomic E-state index is 0.0372. The lowest BCUT2D eigenvalue weighted by Crippen LogP contribution is -2.54. The van der Waals surface area contributed by atoms with Crippen LogP contribution in [0.1, 0.15) is 20.8 Å². The van der Waals surface area contributed by atoms with Gasteiger partial charge in [-0.25, -0.2) is 4.79 Å². The molecule has 6 heteroatoms. The third kappa shape index (κ3) is 3.91. The Hall–Kier alpha value is -1.14. The van der Waals surface area contributed by atoms with Crippen LogP contribution in [0.5, 0.6) is 0 Å². The third-order valence-corrected chi connectivity index (χ3v) is 3.25. The molecular formula is C13H18BrN3O2. The average Bonchev–Trinajstić information content (AvgIpc) is 2.26. The molecule has 1 atom stereocenters. The summed E-state index contributed by atoms with van der Waals surface area (Å²) in [5, 5.41) is 2.85. The van der Waals surface area contributed by atoms with Crippen LogP contribution < -0.4 is 5.32 Å². The third-order valence-electron chi connectivity index (χ3n) is 2.81. The van der Waals surface area contributed by atoms with E-state index in [0.717, 1.165) is 4.47 Å². The van der Waals surface area contributed by atoms with E-state index >= 15 is 0 Å². The molecule has 1 saturated heterocycles. The van der Waals surface area contributed by atoms with E-state index in [4.69, 9.17) is 4.74 Å². The minimum Gasteiger partial charge on any atom is -0.369 e.